The molecular weight excluding hydrogens is 759 g/mol. The number of nitrogens with one attached hydrogen (secondary N) is 2. The van der Waals surface area contributed by atoms with E-state index in [4.69, 9.17) is 41.7 Å². The summed E-state index contributed by atoms with van der Waals surface area (Å²) in [6, 6.07) is 18.0. The first-order valence-corrected chi connectivity index (χ1v) is 20.0. The average molecular weight is 812 g/mol. The highest BCUT2D eigenvalue weighted by Gasteiger charge is 2.34. The highest BCUT2D eigenvalue weighted by atomic mass is 35.5. The minimum Gasteiger partial charge on any atom is -0.395 e. The fraction of sp³-hybridized carbons (Fsp3) is 0.512. The summed E-state index contributed by atoms with van der Waals surface area (Å²) in [5.74, 6) is 0.422. The quantitative estimate of drug-likeness (QED) is 0.128. The van der Waals surface area contributed by atoms with Crippen LogP contribution in [0, 0.1) is 0 Å². The predicted octanol–water partition coefficient (Wildman–Crippen LogP) is 7.96. The number of aromatic nitrogens is 2. The lowest BCUT2D eigenvalue weighted by atomic mass is 9.90. The van der Waals surface area contributed by atoms with Gasteiger partial charge in [-0.15, -0.1) is 0 Å². The van der Waals surface area contributed by atoms with Crippen molar-refractivity contribution in [3.63, 3.8) is 0 Å². The number of benzene rings is 2. The van der Waals surface area contributed by atoms with Gasteiger partial charge < -0.3 is 33.4 Å². The molecule has 0 bridgehead atoms. The van der Waals surface area contributed by atoms with Gasteiger partial charge in [-0.2, -0.15) is 0 Å². The molecule has 7 rings (SSSR count). The molecule has 3 aliphatic heterocycles. The van der Waals surface area contributed by atoms with E-state index < -0.39 is 5.41 Å². The molecule has 3 fully saturated rings. The summed E-state index contributed by atoms with van der Waals surface area (Å²) >= 11 is 11.9. The second kappa shape index (κ2) is 18.4. The van der Waals surface area contributed by atoms with Gasteiger partial charge in [0.1, 0.15) is 12.1 Å². The van der Waals surface area contributed by atoms with E-state index in [0.29, 0.717) is 34.1 Å². The van der Waals surface area contributed by atoms with Gasteiger partial charge in [-0.25, -0.2) is 0 Å². The zero-order chi connectivity index (χ0) is 39.9. The summed E-state index contributed by atoms with van der Waals surface area (Å²) in [5.41, 5.74) is 2.42. The zero-order valence-electron chi connectivity index (χ0n) is 32.4. The molecule has 5 heterocycles. The van der Waals surface area contributed by atoms with Crippen molar-refractivity contribution in [2.24, 2.45) is 0 Å². The Bertz CT molecular complexity index is 1890. The maximum atomic E-state index is 12.9. The monoisotopic (exact) mass is 810 g/mol. The van der Waals surface area contributed by atoms with Gasteiger partial charge in [0.25, 0.3) is 0 Å². The Hall–Kier alpha value is -4.14. The lowest BCUT2D eigenvalue weighted by Crippen LogP contribution is -2.39. The van der Waals surface area contributed by atoms with Crippen LogP contribution in [0.3, 0.4) is 0 Å². The van der Waals surface area contributed by atoms with Crippen LogP contribution < -0.4 is 20.4 Å². The number of aliphatic hydroxyl groups excluding tert-OH is 1. The van der Waals surface area contributed by atoms with Crippen molar-refractivity contribution in [1.29, 1.82) is 0 Å². The first-order chi connectivity index (χ1) is 26.8. The van der Waals surface area contributed by atoms with Crippen LogP contribution in [0.1, 0.15) is 84.0 Å². The van der Waals surface area contributed by atoms with Crippen LogP contribution >= 0.6 is 23.2 Å². The van der Waals surface area contributed by atoms with Crippen molar-refractivity contribution in [2.75, 3.05) is 53.3 Å². The summed E-state index contributed by atoms with van der Waals surface area (Å²) in [6.45, 7) is 10.6. The third-order valence-corrected chi connectivity index (χ3v) is 11.0. The molecule has 0 radical (unpaired) electrons. The summed E-state index contributed by atoms with van der Waals surface area (Å²) in [5, 5.41) is 24.6. The van der Waals surface area contributed by atoms with Gasteiger partial charge in [0.2, 0.25) is 23.6 Å². The molecule has 3 atom stereocenters. The molecular formula is C41H52Cl2N6O7. The molecule has 0 aliphatic carbocycles. The van der Waals surface area contributed by atoms with Crippen LogP contribution in [0.5, 0.6) is 0 Å². The van der Waals surface area contributed by atoms with Gasteiger partial charge in [0.15, 0.2) is 6.29 Å². The van der Waals surface area contributed by atoms with Crippen LogP contribution in [-0.2, 0) is 29.9 Å². The van der Waals surface area contributed by atoms with Crippen LogP contribution in [-0.4, -0.2) is 78.5 Å². The topological polar surface area (TPSA) is 155 Å². The number of ether oxygens (including phenoxy) is 2. The SMILES string of the molecule is CC(C)(CO)c1cc(NC(=O)[C@@H]2CCCN2c2ccc(Cl)cc2)on1.CC(C)(COC1CCCCO1)c1cc(NC(=O)[C@@H]2CCCN2c2ccc(Cl)cc2)on1. The summed E-state index contributed by atoms with van der Waals surface area (Å²) in [7, 11) is 0. The Morgan fingerprint density at radius 1 is 0.750 bits per heavy atom. The molecule has 4 aromatic rings. The van der Waals surface area contributed by atoms with E-state index in [9.17, 15) is 14.7 Å². The summed E-state index contributed by atoms with van der Waals surface area (Å²) in [4.78, 5) is 29.8. The van der Waals surface area contributed by atoms with Crippen molar-refractivity contribution in [2.45, 2.75) is 102 Å². The van der Waals surface area contributed by atoms with Crippen molar-refractivity contribution >= 4 is 58.2 Å². The number of carbonyl (C=O) groups is 2. The fourth-order valence-corrected chi connectivity index (χ4v) is 7.23. The number of rotatable bonds is 12. The third-order valence-electron chi connectivity index (χ3n) is 10.5. The molecule has 0 spiro atoms. The number of carbonyl (C=O) groups excluding carboxylic acids is 2. The van der Waals surface area contributed by atoms with E-state index in [0.717, 1.165) is 81.7 Å². The second-order valence-electron chi connectivity index (χ2n) is 15.8. The minimum absolute atomic E-state index is 0.0557. The van der Waals surface area contributed by atoms with Crippen molar-refractivity contribution < 1.29 is 33.2 Å². The van der Waals surface area contributed by atoms with E-state index in [1.54, 1.807) is 12.1 Å². The van der Waals surface area contributed by atoms with Gasteiger partial charge in [-0.05, 0) is 93.5 Å². The Morgan fingerprint density at radius 2 is 1.23 bits per heavy atom. The van der Waals surface area contributed by atoms with E-state index in [1.807, 2.05) is 76.2 Å². The number of hydrogen-bond donors (Lipinski definition) is 3. The van der Waals surface area contributed by atoms with Gasteiger partial charge in [-0.3, -0.25) is 20.2 Å². The van der Waals surface area contributed by atoms with Crippen molar-refractivity contribution in [3.8, 4) is 0 Å². The van der Waals surface area contributed by atoms with Gasteiger partial charge in [0.05, 0.1) is 24.6 Å². The first-order valence-electron chi connectivity index (χ1n) is 19.3. The summed E-state index contributed by atoms with van der Waals surface area (Å²) in [6.07, 6.45) is 6.44. The standard InChI is InChI=1S/C23H30ClN3O4.C18H22ClN3O3/c1-23(2,15-30-21-7-3-4-13-29-21)19-14-20(31-26-19)25-22(28)18-6-5-12-27(18)17-10-8-16(24)9-11-17;1-18(2,11-23)15-10-16(25-21-15)20-17(24)14-4-3-9-22(14)13-7-5-12(19)6-8-13/h8-11,14,18,21H,3-7,12-13,15H2,1-2H3,(H,25,28);5-8,10,14,23H,3-4,9,11H2,1-2H3,(H,20,24)/t18-,21?;14-/m00/s1. The first kappa shape index (κ1) is 41.5. The molecule has 2 aromatic heterocycles. The molecule has 3 saturated heterocycles. The predicted molar refractivity (Wildman–Crippen MR) is 217 cm³/mol. The molecule has 302 valence electrons. The smallest absolute Gasteiger partial charge is 0.249 e. The van der Waals surface area contributed by atoms with Crippen molar-refractivity contribution in [3.05, 3.63) is 82.1 Å². The van der Waals surface area contributed by atoms with Gasteiger partial charge >= 0.3 is 0 Å². The Morgan fingerprint density at radius 3 is 1.68 bits per heavy atom. The van der Waals surface area contributed by atoms with Crippen molar-refractivity contribution in [1.82, 2.24) is 10.3 Å². The molecule has 2 aromatic carbocycles. The Kier molecular flexibility index (Phi) is 13.6. The number of halogens is 2. The molecule has 3 aliphatic rings. The highest BCUT2D eigenvalue weighted by Crippen LogP contribution is 2.31. The number of amides is 2. The number of anilines is 4. The molecule has 1 unspecified atom stereocenters. The second-order valence-corrected chi connectivity index (χ2v) is 16.7. The fourth-order valence-electron chi connectivity index (χ4n) is 6.98. The van der Waals surface area contributed by atoms with Crippen LogP contribution in [0.2, 0.25) is 10.0 Å². The minimum atomic E-state index is -0.519. The van der Waals surface area contributed by atoms with Crippen LogP contribution in [0.4, 0.5) is 23.1 Å². The third kappa shape index (κ3) is 10.4. The lowest BCUT2D eigenvalue weighted by Gasteiger charge is -2.28. The van der Waals surface area contributed by atoms with Crippen LogP contribution in [0.15, 0.2) is 69.7 Å². The largest absolute Gasteiger partial charge is 0.395 e. The molecule has 0 saturated carbocycles. The number of hydrogen-bond acceptors (Lipinski definition) is 11. The van der Waals surface area contributed by atoms with E-state index in [1.165, 1.54) is 0 Å². The average Bonchev–Trinajstić information content (AvgIpc) is 4.03. The highest BCUT2D eigenvalue weighted by molar-refractivity contribution is 6.31. The normalized spacial score (nSPS) is 20.1. The number of nitrogens with zero attached hydrogens (tertiary/aromatic N) is 4. The van der Waals surface area contributed by atoms with E-state index >= 15 is 0 Å². The summed E-state index contributed by atoms with van der Waals surface area (Å²) < 4.78 is 22.2. The number of aliphatic hydroxyl groups is 1. The van der Waals surface area contributed by atoms with E-state index in [2.05, 4.69) is 30.7 Å². The zero-order valence-corrected chi connectivity index (χ0v) is 33.9. The molecule has 3 N–H and O–H groups in total. The van der Waals surface area contributed by atoms with Crippen LogP contribution in [0.25, 0.3) is 0 Å². The maximum Gasteiger partial charge on any atom is 0.249 e. The maximum absolute atomic E-state index is 12.9. The molecule has 56 heavy (non-hydrogen) atoms. The molecule has 15 heteroatoms. The lowest BCUT2D eigenvalue weighted by molar-refractivity contribution is -0.170. The van der Waals surface area contributed by atoms with E-state index in [-0.39, 0.29) is 42.2 Å². The Labute approximate surface area is 337 Å². The Balaban J connectivity index is 0.000000194. The van der Waals surface area contributed by atoms with Gasteiger partial charge in [-0.1, -0.05) is 61.2 Å². The van der Waals surface area contributed by atoms with Gasteiger partial charge in [0, 0.05) is 64.1 Å². The molecule has 13 nitrogen and oxygen atoms in total. The molecule has 2 amide bonds.